The molecule has 0 atom stereocenters. The number of amides is 1. The maximum atomic E-state index is 12.2. The molecule has 3 rings (SSSR count). The van der Waals surface area contributed by atoms with Crippen molar-refractivity contribution in [3.8, 4) is 5.75 Å². The summed E-state index contributed by atoms with van der Waals surface area (Å²) >= 11 is 0. The standard InChI is InChI=1S/C18H17NO4/c1-2-22-18(21)14-7-5-6-13(10-14)11-19-15-8-3-4-9-16(15)23-12-17(19)20/h3-10H,2,11-12H2,1H3. The second-order valence-electron chi connectivity index (χ2n) is 5.16. The normalized spacial score (nSPS) is 13.3. The molecule has 0 spiro atoms. The maximum Gasteiger partial charge on any atom is 0.338 e. The lowest BCUT2D eigenvalue weighted by atomic mass is 10.1. The van der Waals surface area contributed by atoms with E-state index in [4.69, 9.17) is 9.47 Å². The molecule has 1 aliphatic rings. The van der Waals surface area contributed by atoms with Crippen LogP contribution in [0.5, 0.6) is 5.75 Å². The number of carbonyl (C=O) groups excluding carboxylic acids is 2. The Hall–Kier alpha value is -2.82. The van der Waals surface area contributed by atoms with Gasteiger partial charge in [0.1, 0.15) is 5.75 Å². The Labute approximate surface area is 134 Å². The number of benzene rings is 2. The first-order valence-electron chi connectivity index (χ1n) is 7.47. The van der Waals surface area contributed by atoms with Crippen LogP contribution in [0.1, 0.15) is 22.8 Å². The number of hydrogen-bond acceptors (Lipinski definition) is 4. The number of rotatable bonds is 4. The molecule has 0 saturated heterocycles. The lowest BCUT2D eigenvalue weighted by molar-refractivity contribution is -0.121. The van der Waals surface area contributed by atoms with Gasteiger partial charge in [-0.3, -0.25) is 4.79 Å². The van der Waals surface area contributed by atoms with Crippen LogP contribution < -0.4 is 9.64 Å². The molecule has 0 aromatic heterocycles. The average Bonchev–Trinajstić information content (AvgIpc) is 2.58. The Morgan fingerprint density at radius 1 is 1.22 bits per heavy atom. The number of hydrogen-bond donors (Lipinski definition) is 0. The van der Waals surface area contributed by atoms with Gasteiger partial charge in [-0.15, -0.1) is 0 Å². The zero-order valence-corrected chi connectivity index (χ0v) is 12.8. The van der Waals surface area contributed by atoms with Gasteiger partial charge in [-0.25, -0.2) is 4.79 Å². The molecule has 118 valence electrons. The van der Waals surface area contributed by atoms with Gasteiger partial charge in [-0.1, -0.05) is 24.3 Å². The molecule has 0 saturated carbocycles. The molecule has 0 bridgehead atoms. The van der Waals surface area contributed by atoms with Crippen molar-refractivity contribution in [3.63, 3.8) is 0 Å². The number of anilines is 1. The lowest BCUT2D eigenvalue weighted by Gasteiger charge is -2.29. The molecule has 1 amide bonds. The Morgan fingerprint density at radius 2 is 2.04 bits per heavy atom. The summed E-state index contributed by atoms with van der Waals surface area (Å²) in [7, 11) is 0. The predicted molar refractivity (Wildman–Crippen MR) is 85.5 cm³/mol. The van der Waals surface area contributed by atoms with Gasteiger partial charge in [0.25, 0.3) is 5.91 Å². The van der Waals surface area contributed by atoms with Gasteiger partial charge in [0.15, 0.2) is 6.61 Å². The van der Waals surface area contributed by atoms with Crippen molar-refractivity contribution in [2.45, 2.75) is 13.5 Å². The van der Waals surface area contributed by atoms with Crippen molar-refractivity contribution < 1.29 is 19.1 Å². The van der Waals surface area contributed by atoms with Crippen molar-refractivity contribution in [1.29, 1.82) is 0 Å². The van der Waals surface area contributed by atoms with Gasteiger partial charge in [0.05, 0.1) is 24.4 Å². The molecule has 0 N–H and O–H groups in total. The molecule has 2 aromatic rings. The fourth-order valence-corrected chi connectivity index (χ4v) is 2.52. The minimum atomic E-state index is -0.358. The first kappa shape index (κ1) is 15.1. The molecular weight excluding hydrogens is 294 g/mol. The monoisotopic (exact) mass is 311 g/mol. The van der Waals surface area contributed by atoms with Gasteiger partial charge >= 0.3 is 5.97 Å². The highest BCUT2D eigenvalue weighted by Gasteiger charge is 2.25. The highest BCUT2D eigenvalue weighted by Crippen LogP contribution is 2.32. The van der Waals surface area contributed by atoms with E-state index in [1.165, 1.54) is 0 Å². The molecule has 0 aliphatic carbocycles. The fourth-order valence-electron chi connectivity index (χ4n) is 2.52. The van der Waals surface area contributed by atoms with Crippen LogP contribution in [0.2, 0.25) is 0 Å². The van der Waals surface area contributed by atoms with Crippen molar-refractivity contribution in [3.05, 3.63) is 59.7 Å². The molecule has 23 heavy (non-hydrogen) atoms. The quantitative estimate of drug-likeness (QED) is 0.815. The van der Waals surface area contributed by atoms with E-state index >= 15 is 0 Å². The van der Waals surface area contributed by atoms with E-state index in [9.17, 15) is 9.59 Å². The van der Waals surface area contributed by atoms with Crippen molar-refractivity contribution in [2.75, 3.05) is 18.1 Å². The average molecular weight is 311 g/mol. The van der Waals surface area contributed by atoms with E-state index in [0.29, 0.717) is 24.5 Å². The summed E-state index contributed by atoms with van der Waals surface area (Å²) in [6.07, 6.45) is 0. The summed E-state index contributed by atoms with van der Waals surface area (Å²) in [6.45, 7) is 2.50. The molecule has 1 heterocycles. The van der Waals surface area contributed by atoms with Gasteiger partial charge < -0.3 is 14.4 Å². The zero-order valence-electron chi connectivity index (χ0n) is 12.8. The smallest absolute Gasteiger partial charge is 0.338 e. The second kappa shape index (κ2) is 6.52. The SMILES string of the molecule is CCOC(=O)c1cccc(CN2C(=O)COc3ccccc32)c1. The summed E-state index contributed by atoms with van der Waals surface area (Å²) in [4.78, 5) is 25.7. The number of carbonyl (C=O) groups is 2. The van der Waals surface area contributed by atoms with Crippen molar-refractivity contribution in [2.24, 2.45) is 0 Å². The van der Waals surface area contributed by atoms with Gasteiger partial charge in [0, 0.05) is 0 Å². The Balaban J connectivity index is 1.86. The number of esters is 1. The summed E-state index contributed by atoms with van der Waals surface area (Å²) in [5.74, 6) is 0.224. The molecule has 0 radical (unpaired) electrons. The first-order valence-corrected chi connectivity index (χ1v) is 7.47. The van der Waals surface area contributed by atoms with Gasteiger partial charge in [-0.2, -0.15) is 0 Å². The molecule has 0 unspecified atom stereocenters. The van der Waals surface area contributed by atoms with Crippen LogP contribution in [0.3, 0.4) is 0 Å². The third-order valence-corrected chi connectivity index (χ3v) is 3.59. The molecule has 0 fully saturated rings. The van der Waals surface area contributed by atoms with E-state index in [2.05, 4.69) is 0 Å². The van der Waals surface area contributed by atoms with Gasteiger partial charge in [-0.05, 0) is 36.8 Å². The van der Waals surface area contributed by atoms with E-state index in [-0.39, 0.29) is 18.5 Å². The Morgan fingerprint density at radius 3 is 2.87 bits per heavy atom. The first-order chi connectivity index (χ1) is 11.2. The second-order valence-corrected chi connectivity index (χ2v) is 5.16. The minimum Gasteiger partial charge on any atom is -0.482 e. The van der Waals surface area contributed by atoms with Crippen LogP contribution in [0.4, 0.5) is 5.69 Å². The summed E-state index contributed by atoms with van der Waals surface area (Å²) in [6, 6.07) is 14.6. The molecule has 1 aliphatic heterocycles. The molecule has 5 nitrogen and oxygen atoms in total. The predicted octanol–water partition coefficient (Wildman–Crippen LogP) is 2.79. The molecule has 2 aromatic carbocycles. The van der Waals surface area contributed by atoms with E-state index in [1.54, 1.807) is 30.0 Å². The fraction of sp³-hybridized carbons (Fsp3) is 0.222. The maximum absolute atomic E-state index is 12.2. The summed E-state index contributed by atoms with van der Waals surface area (Å²) in [5.41, 5.74) is 2.09. The lowest BCUT2D eigenvalue weighted by Crippen LogP contribution is -2.38. The van der Waals surface area contributed by atoms with Crippen LogP contribution in [0.25, 0.3) is 0 Å². The summed E-state index contributed by atoms with van der Waals surface area (Å²) in [5, 5.41) is 0. The van der Waals surface area contributed by atoms with E-state index in [1.807, 2.05) is 30.3 Å². The number of nitrogens with zero attached hydrogens (tertiary/aromatic N) is 1. The highest BCUT2D eigenvalue weighted by atomic mass is 16.5. The van der Waals surface area contributed by atoms with Crippen LogP contribution >= 0.6 is 0 Å². The van der Waals surface area contributed by atoms with Crippen LogP contribution in [0, 0.1) is 0 Å². The number of fused-ring (bicyclic) bond motifs is 1. The van der Waals surface area contributed by atoms with Crippen molar-refractivity contribution in [1.82, 2.24) is 0 Å². The third-order valence-electron chi connectivity index (χ3n) is 3.59. The topological polar surface area (TPSA) is 55.8 Å². The number of ether oxygens (including phenoxy) is 2. The highest BCUT2D eigenvalue weighted by molar-refractivity contribution is 5.97. The van der Waals surface area contributed by atoms with Crippen molar-refractivity contribution >= 4 is 17.6 Å². The number of para-hydroxylation sites is 2. The molecule has 5 heteroatoms. The Kier molecular flexibility index (Phi) is 4.28. The zero-order chi connectivity index (χ0) is 16.2. The van der Waals surface area contributed by atoms with Crippen LogP contribution in [-0.2, 0) is 16.1 Å². The summed E-state index contributed by atoms with van der Waals surface area (Å²) < 4.78 is 10.4. The Bertz CT molecular complexity index is 741. The largest absolute Gasteiger partial charge is 0.482 e. The van der Waals surface area contributed by atoms with Crippen LogP contribution in [0.15, 0.2) is 48.5 Å². The minimum absolute atomic E-state index is 0.0224. The third kappa shape index (κ3) is 3.18. The van der Waals surface area contributed by atoms with E-state index in [0.717, 1.165) is 11.3 Å². The molecular formula is C18H17NO4. The van der Waals surface area contributed by atoms with Crippen LogP contribution in [-0.4, -0.2) is 25.1 Å². The van der Waals surface area contributed by atoms with Gasteiger partial charge in [0.2, 0.25) is 0 Å². The van der Waals surface area contributed by atoms with E-state index < -0.39 is 0 Å².